The van der Waals surface area contributed by atoms with Crippen molar-refractivity contribution < 1.29 is 0 Å². The van der Waals surface area contributed by atoms with E-state index in [2.05, 4.69) is 5.18 Å². The Morgan fingerprint density at radius 2 is 2.00 bits per heavy atom. The van der Waals surface area contributed by atoms with Gasteiger partial charge >= 0.3 is 0 Å². The molecule has 2 N–H and O–H groups in total. The van der Waals surface area contributed by atoms with E-state index in [1.807, 2.05) is 37.3 Å². The fourth-order valence-corrected chi connectivity index (χ4v) is 1.63. The molecule has 0 bridgehead atoms. The molecule has 0 aromatic heterocycles. The average molecular weight is 186 g/mol. The topological polar surface area (TPSA) is 55.4 Å². The van der Waals surface area contributed by atoms with Gasteiger partial charge in [-0.05, 0) is 29.1 Å². The van der Waals surface area contributed by atoms with Crippen LogP contribution in [0.3, 0.4) is 0 Å². The maximum absolute atomic E-state index is 10.6. The largest absolute Gasteiger partial charge is 0.396 e. The molecule has 0 atom stereocenters. The average Bonchev–Trinajstić information content (AvgIpc) is 2.18. The zero-order valence-corrected chi connectivity index (χ0v) is 7.82. The highest BCUT2D eigenvalue weighted by Gasteiger charge is 2.07. The molecule has 0 aliphatic rings. The summed E-state index contributed by atoms with van der Waals surface area (Å²) in [5.41, 5.74) is 7.47. The van der Waals surface area contributed by atoms with E-state index < -0.39 is 0 Å². The molecular weight excluding hydrogens is 176 g/mol. The van der Waals surface area contributed by atoms with E-state index in [1.165, 1.54) is 0 Å². The van der Waals surface area contributed by atoms with Crippen LogP contribution in [-0.4, -0.2) is 0 Å². The summed E-state index contributed by atoms with van der Waals surface area (Å²) in [7, 11) is 0. The van der Waals surface area contributed by atoms with Crippen LogP contribution < -0.4 is 5.73 Å². The van der Waals surface area contributed by atoms with Gasteiger partial charge in [0.25, 0.3) is 0 Å². The number of aryl methyl sites for hydroxylation is 1. The monoisotopic (exact) mass is 186 g/mol. The van der Waals surface area contributed by atoms with Gasteiger partial charge in [0.15, 0.2) is 0 Å². The molecule has 2 rings (SSSR count). The van der Waals surface area contributed by atoms with Crippen LogP contribution in [0.4, 0.5) is 11.4 Å². The van der Waals surface area contributed by atoms with E-state index >= 15 is 0 Å². The summed E-state index contributed by atoms with van der Waals surface area (Å²) in [5, 5.41) is 4.86. The lowest BCUT2D eigenvalue weighted by atomic mass is 10.0. The molecule has 0 saturated heterocycles. The van der Waals surface area contributed by atoms with E-state index in [0.29, 0.717) is 11.4 Å². The van der Waals surface area contributed by atoms with Gasteiger partial charge in [-0.1, -0.05) is 24.3 Å². The Kier molecular flexibility index (Phi) is 1.93. The first-order chi connectivity index (χ1) is 6.74. The highest BCUT2D eigenvalue weighted by molar-refractivity contribution is 5.99. The first-order valence-corrected chi connectivity index (χ1v) is 4.35. The Morgan fingerprint density at radius 3 is 2.71 bits per heavy atom. The summed E-state index contributed by atoms with van der Waals surface area (Å²) < 4.78 is 0. The van der Waals surface area contributed by atoms with Gasteiger partial charge in [-0.25, -0.2) is 0 Å². The van der Waals surface area contributed by atoms with Crippen LogP contribution in [-0.2, 0) is 0 Å². The van der Waals surface area contributed by atoms with Crippen LogP contribution in [0.2, 0.25) is 0 Å². The summed E-state index contributed by atoms with van der Waals surface area (Å²) in [5.74, 6) is 0. The number of nitrogens with zero attached hydrogens (tertiary/aromatic N) is 1. The second kappa shape index (κ2) is 3.10. The quantitative estimate of drug-likeness (QED) is 0.549. The Morgan fingerprint density at radius 1 is 1.29 bits per heavy atom. The lowest BCUT2D eigenvalue weighted by molar-refractivity contribution is 1.41. The first-order valence-electron chi connectivity index (χ1n) is 4.35. The predicted octanol–water partition coefficient (Wildman–Crippen LogP) is 3.13. The number of nitrogens with two attached hydrogens (primary N) is 1. The van der Waals surface area contributed by atoms with E-state index in [0.717, 1.165) is 16.3 Å². The number of hydrogen-bond acceptors (Lipinski definition) is 3. The lowest BCUT2D eigenvalue weighted by Crippen LogP contribution is -1.90. The third-order valence-corrected chi connectivity index (χ3v) is 2.34. The third kappa shape index (κ3) is 1.14. The van der Waals surface area contributed by atoms with Crippen LogP contribution in [0.25, 0.3) is 10.8 Å². The third-order valence-electron chi connectivity index (χ3n) is 2.34. The van der Waals surface area contributed by atoms with Gasteiger partial charge in [0.05, 0.1) is 5.69 Å². The van der Waals surface area contributed by atoms with Crippen LogP contribution in [0, 0.1) is 11.8 Å². The maximum Gasteiger partial charge on any atom is 0.134 e. The molecule has 0 amide bonds. The molecule has 2 aromatic carbocycles. The van der Waals surface area contributed by atoms with Gasteiger partial charge in [0.2, 0.25) is 0 Å². The Labute approximate surface area is 81.5 Å². The molecule has 0 spiro atoms. The van der Waals surface area contributed by atoms with Gasteiger partial charge in [0.1, 0.15) is 5.69 Å². The van der Waals surface area contributed by atoms with Gasteiger partial charge in [-0.3, -0.25) is 0 Å². The molecule has 3 nitrogen and oxygen atoms in total. The molecule has 0 aliphatic heterocycles. The fourth-order valence-electron chi connectivity index (χ4n) is 1.63. The Bertz CT molecular complexity index is 506. The molecule has 70 valence electrons. The lowest BCUT2D eigenvalue weighted by Gasteiger charge is -2.06. The fraction of sp³-hybridized carbons (Fsp3) is 0.0909. The van der Waals surface area contributed by atoms with Crippen LogP contribution in [0.5, 0.6) is 0 Å². The van der Waals surface area contributed by atoms with E-state index in [1.54, 1.807) is 0 Å². The smallest absolute Gasteiger partial charge is 0.134 e. The standard InChI is InChI=1S/C11H10N2O/c1-7-6-8-4-2-3-5-9(8)10(12)11(7)13-14/h2-6H,12H2,1H3. The van der Waals surface area contributed by atoms with Crippen molar-refractivity contribution in [3.63, 3.8) is 0 Å². The minimum atomic E-state index is 0.351. The van der Waals surface area contributed by atoms with Crippen molar-refractivity contribution in [2.45, 2.75) is 6.92 Å². The Balaban J connectivity index is 2.92. The van der Waals surface area contributed by atoms with Crippen molar-refractivity contribution >= 4 is 22.1 Å². The summed E-state index contributed by atoms with van der Waals surface area (Å²) in [6.45, 7) is 1.83. The zero-order chi connectivity index (χ0) is 10.1. The Hall–Kier alpha value is -1.90. The number of benzene rings is 2. The second-order valence-electron chi connectivity index (χ2n) is 3.27. The van der Waals surface area contributed by atoms with Gasteiger partial charge in [-0.2, -0.15) is 0 Å². The van der Waals surface area contributed by atoms with Crippen LogP contribution in [0.1, 0.15) is 5.56 Å². The van der Waals surface area contributed by atoms with E-state index in [-0.39, 0.29) is 0 Å². The van der Waals surface area contributed by atoms with Gasteiger partial charge in [-0.15, -0.1) is 4.91 Å². The molecule has 0 radical (unpaired) electrons. The summed E-state index contributed by atoms with van der Waals surface area (Å²) in [6.07, 6.45) is 0. The van der Waals surface area contributed by atoms with E-state index in [9.17, 15) is 4.91 Å². The minimum Gasteiger partial charge on any atom is -0.396 e. The van der Waals surface area contributed by atoms with Gasteiger partial charge < -0.3 is 5.73 Å². The summed E-state index contributed by atoms with van der Waals surface area (Å²) in [6, 6.07) is 9.60. The molecule has 2 aromatic rings. The maximum atomic E-state index is 10.6. The number of nitroso groups, excluding NO2 is 1. The molecule has 0 fully saturated rings. The molecule has 3 heteroatoms. The highest BCUT2D eigenvalue weighted by Crippen LogP contribution is 2.33. The highest BCUT2D eigenvalue weighted by atomic mass is 16.3. The number of nitrogen functional groups attached to an aromatic ring is 1. The predicted molar refractivity (Wildman–Crippen MR) is 58.6 cm³/mol. The van der Waals surface area contributed by atoms with Crippen molar-refractivity contribution in [2.24, 2.45) is 5.18 Å². The van der Waals surface area contributed by atoms with Crippen molar-refractivity contribution in [3.05, 3.63) is 40.8 Å². The van der Waals surface area contributed by atoms with E-state index in [4.69, 9.17) is 5.73 Å². The first kappa shape index (κ1) is 8.69. The van der Waals surface area contributed by atoms with Crippen molar-refractivity contribution in [1.29, 1.82) is 0 Å². The van der Waals surface area contributed by atoms with Crippen molar-refractivity contribution in [3.8, 4) is 0 Å². The molecule has 14 heavy (non-hydrogen) atoms. The zero-order valence-electron chi connectivity index (χ0n) is 7.82. The number of fused-ring (bicyclic) bond motifs is 1. The molecular formula is C11H10N2O. The van der Waals surface area contributed by atoms with Crippen LogP contribution >= 0.6 is 0 Å². The SMILES string of the molecule is Cc1cc2ccccc2c(N)c1N=O. The second-order valence-corrected chi connectivity index (χ2v) is 3.27. The molecule has 0 unspecified atom stereocenters. The van der Waals surface area contributed by atoms with Crippen molar-refractivity contribution in [2.75, 3.05) is 5.73 Å². The van der Waals surface area contributed by atoms with Crippen LogP contribution in [0.15, 0.2) is 35.5 Å². The normalized spacial score (nSPS) is 10.4. The molecule has 0 heterocycles. The molecule has 0 aliphatic carbocycles. The summed E-state index contributed by atoms with van der Waals surface area (Å²) >= 11 is 0. The van der Waals surface area contributed by atoms with Gasteiger partial charge in [0, 0.05) is 5.39 Å². The molecule has 0 saturated carbocycles. The number of anilines is 1. The van der Waals surface area contributed by atoms with Crippen molar-refractivity contribution in [1.82, 2.24) is 0 Å². The number of rotatable bonds is 1. The minimum absolute atomic E-state index is 0.351. The number of hydrogen-bond donors (Lipinski definition) is 1. The summed E-state index contributed by atoms with van der Waals surface area (Å²) in [4.78, 5) is 10.6.